The molecule has 92 valence electrons. The number of amides is 1. The Morgan fingerprint density at radius 1 is 1.41 bits per heavy atom. The van der Waals surface area contributed by atoms with Gasteiger partial charge in [-0.15, -0.1) is 0 Å². The first-order valence-corrected chi connectivity index (χ1v) is 6.09. The van der Waals surface area contributed by atoms with Gasteiger partial charge in [0, 0.05) is 30.1 Å². The molecule has 0 saturated carbocycles. The molecule has 1 heterocycles. The molecule has 0 radical (unpaired) electrons. The Morgan fingerprint density at radius 3 is 2.71 bits per heavy atom. The standard InChI is InChI=1S/C14H20N2O/c1-10-14(2,3)11-6-4-5-7-12(11)16(10)9-8-13(15)17/h4-7,10H,8-9H2,1-3H3,(H2,15,17). The highest BCUT2D eigenvalue weighted by Crippen LogP contribution is 2.44. The van der Waals surface area contributed by atoms with Crippen molar-refractivity contribution in [1.82, 2.24) is 0 Å². The molecule has 1 unspecified atom stereocenters. The minimum absolute atomic E-state index is 0.119. The number of hydrogen-bond donors (Lipinski definition) is 1. The van der Waals surface area contributed by atoms with Gasteiger partial charge in [0.05, 0.1) is 0 Å². The summed E-state index contributed by atoms with van der Waals surface area (Å²) in [4.78, 5) is 13.2. The van der Waals surface area contributed by atoms with E-state index in [9.17, 15) is 4.79 Å². The number of carbonyl (C=O) groups is 1. The van der Waals surface area contributed by atoms with Crippen molar-refractivity contribution in [1.29, 1.82) is 0 Å². The van der Waals surface area contributed by atoms with Gasteiger partial charge in [-0.3, -0.25) is 4.79 Å². The first kappa shape index (κ1) is 12.0. The van der Waals surface area contributed by atoms with Crippen LogP contribution in [0.5, 0.6) is 0 Å². The van der Waals surface area contributed by atoms with E-state index in [4.69, 9.17) is 5.73 Å². The summed E-state index contributed by atoms with van der Waals surface area (Å²) in [6, 6.07) is 8.81. The van der Waals surface area contributed by atoms with Crippen molar-refractivity contribution in [2.75, 3.05) is 11.4 Å². The van der Waals surface area contributed by atoms with Crippen molar-refractivity contribution >= 4 is 11.6 Å². The number of fused-ring (bicyclic) bond motifs is 1. The zero-order chi connectivity index (χ0) is 12.6. The molecular weight excluding hydrogens is 212 g/mol. The summed E-state index contributed by atoms with van der Waals surface area (Å²) in [6.07, 6.45) is 0.411. The predicted octanol–water partition coefficient (Wildman–Crippen LogP) is 2.05. The Bertz CT molecular complexity index is 440. The number of para-hydroxylation sites is 1. The fraction of sp³-hybridized carbons (Fsp3) is 0.500. The van der Waals surface area contributed by atoms with Crippen LogP contribution in [0.25, 0.3) is 0 Å². The van der Waals surface area contributed by atoms with Gasteiger partial charge < -0.3 is 10.6 Å². The second kappa shape index (κ2) is 4.06. The monoisotopic (exact) mass is 232 g/mol. The van der Waals surface area contributed by atoms with E-state index < -0.39 is 0 Å². The van der Waals surface area contributed by atoms with E-state index in [0.717, 1.165) is 0 Å². The molecule has 1 aliphatic rings. The van der Waals surface area contributed by atoms with Gasteiger partial charge in [0.2, 0.25) is 5.91 Å². The van der Waals surface area contributed by atoms with Gasteiger partial charge >= 0.3 is 0 Å². The summed E-state index contributed by atoms with van der Waals surface area (Å²) < 4.78 is 0. The molecule has 2 rings (SSSR count). The van der Waals surface area contributed by atoms with Crippen LogP contribution in [0.4, 0.5) is 5.69 Å². The summed E-state index contributed by atoms with van der Waals surface area (Å²) in [7, 11) is 0. The van der Waals surface area contributed by atoms with Crippen LogP contribution in [0, 0.1) is 0 Å². The van der Waals surface area contributed by atoms with Gasteiger partial charge in [-0.1, -0.05) is 32.0 Å². The maximum absolute atomic E-state index is 10.9. The molecule has 0 aromatic heterocycles. The SMILES string of the molecule is CC1N(CCC(N)=O)c2ccccc2C1(C)C. The van der Waals surface area contributed by atoms with E-state index in [0.29, 0.717) is 19.0 Å². The maximum Gasteiger partial charge on any atom is 0.219 e. The molecule has 2 N–H and O–H groups in total. The Labute approximate surface area is 103 Å². The molecule has 3 heteroatoms. The van der Waals surface area contributed by atoms with E-state index in [2.05, 4.69) is 43.9 Å². The average molecular weight is 232 g/mol. The molecule has 3 nitrogen and oxygen atoms in total. The highest BCUT2D eigenvalue weighted by atomic mass is 16.1. The highest BCUT2D eigenvalue weighted by Gasteiger charge is 2.41. The van der Waals surface area contributed by atoms with Crippen molar-refractivity contribution in [3.63, 3.8) is 0 Å². The number of hydrogen-bond acceptors (Lipinski definition) is 2. The molecule has 1 aliphatic heterocycles. The predicted molar refractivity (Wildman–Crippen MR) is 70.1 cm³/mol. The van der Waals surface area contributed by atoms with Crippen molar-refractivity contribution < 1.29 is 4.79 Å². The number of rotatable bonds is 3. The van der Waals surface area contributed by atoms with E-state index in [1.807, 2.05) is 6.07 Å². The maximum atomic E-state index is 10.9. The van der Waals surface area contributed by atoms with Gasteiger partial charge in [-0.25, -0.2) is 0 Å². The molecule has 0 spiro atoms. The van der Waals surface area contributed by atoms with Crippen LogP contribution in [-0.2, 0) is 10.2 Å². The zero-order valence-electron chi connectivity index (χ0n) is 10.7. The van der Waals surface area contributed by atoms with Gasteiger partial charge in [0.15, 0.2) is 0 Å². The van der Waals surface area contributed by atoms with Crippen LogP contribution in [0.3, 0.4) is 0 Å². The fourth-order valence-electron chi connectivity index (χ4n) is 2.64. The fourth-order valence-corrected chi connectivity index (χ4v) is 2.64. The molecule has 1 aromatic rings. The number of benzene rings is 1. The molecule has 17 heavy (non-hydrogen) atoms. The van der Waals surface area contributed by atoms with Crippen LogP contribution < -0.4 is 10.6 Å². The first-order chi connectivity index (χ1) is 7.94. The van der Waals surface area contributed by atoms with Gasteiger partial charge in [-0.2, -0.15) is 0 Å². The number of carbonyl (C=O) groups excluding carboxylic acids is 1. The lowest BCUT2D eigenvalue weighted by atomic mass is 9.81. The largest absolute Gasteiger partial charge is 0.370 e. The minimum Gasteiger partial charge on any atom is -0.370 e. The molecule has 0 saturated heterocycles. The van der Waals surface area contributed by atoms with Crippen LogP contribution in [0.2, 0.25) is 0 Å². The summed E-state index contributed by atoms with van der Waals surface area (Å²) >= 11 is 0. The third kappa shape index (κ3) is 1.90. The highest BCUT2D eigenvalue weighted by molar-refractivity contribution is 5.75. The van der Waals surface area contributed by atoms with Crippen LogP contribution in [0.15, 0.2) is 24.3 Å². The molecule has 0 aliphatic carbocycles. The third-order valence-corrected chi connectivity index (χ3v) is 4.02. The number of nitrogens with two attached hydrogens (primary N) is 1. The lowest BCUT2D eigenvalue weighted by molar-refractivity contribution is -0.117. The number of anilines is 1. The Hall–Kier alpha value is -1.51. The molecule has 1 amide bonds. The van der Waals surface area contributed by atoms with E-state index in [-0.39, 0.29) is 11.3 Å². The van der Waals surface area contributed by atoms with Crippen molar-refractivity contribution in [3.8, 4) is 0 Å². The topological polar surface area (TPSA) is 46.3 Å². The smallest absolute Gasteiger partial charge is 0.219 e. The second-order valence-electron chi connectivity index (χ2n) is 5.32. The lowest BCUT2D eigenvalue weighted by Gasteiger charge is -2.31. The molecule has 1 atom stereocenters. The second-order valence-corrected chi connectivity index (χ2v) is 5.32. The van der Waals surface area contributed by atoms with Crippen LogP contribution in [-0.4, -0.2) is 18.5 Å². The third-order valence-electron chi connectivity index (χ3n) is 4.02. The number of nitrogens with zero attached hydrogens (tertiary/aromatic N) is 1. The quantitative estimate of drug-likeness (QED) is 0.867. The van der Waals surface area contributed by atoms with E-state index in [1.165, 1.54) is 11.3 Å². The zero-order valence-corrected chi connectivity index (χ0v) is 10.7. The Kier molecular flexibility index (Phi) is 2.86. The summed E-state index contributed by atoms with van der Waals surface area (Å²) in [5.41, 5.74) is 7.96. The average Bonchev–Trinajstić information content (AvgIpc) is 2.47. The summed E-state index contributed by atoms with van der Waals surface area (Å²) in [5, 5.41) is 0. The van der Waals surface area contributed by atoms with Crippen molar-refractivity contribution in [2.45, 2.75) is 38.6 Å². The molecular formula is C14H20N2O. The van der Waals surface area contributed by atoms with Gasteiger partial charge in [0.1, 0.15) is 0 Å². The summed E-state index contributed by atoms with van der Waals surface area (Å²) in [6.45, 7) is 7.42. The van der Waals surface area contributed by atoms with Gasteiger partial charge in [0.25, 0.3) is 0 Å². The first-order valence-electron chi connectivity index (χ1n) is 6.09. The van der Waals surface area contributed by atoms with E-state index in [1.54, 1.807) is 0 Å². The molecule has 1 aromatic carbocycles. The van der Waals surface area contributed by atoms with Crippen LogP contribution >= 0.6 is 0 Å². The Morgan fingerprint density at radius 2 is 2.06 bits per heavy atom. The molecule has 0 bridgehead atoms. The van der Waals surface area contributed by atoms with Crippen molar-refractivity contribution in [3.05, 3.63) is 29.8 Å². The van der Waals surface area contributed by atoms with E-state index >= 15 is 0 Å². The van der Waals surface area contributed by atoms with Crippen LogP contribution in [0.1, 0.15) is 32.8 Å². The van der Waals surface area contributed by atoms with Crippen molar-refractivity contribution in [2.24, 2.45) is 5.73 Å². The Balaban J connectivity index is 2.32. The molecule has 0 fully saturated rings. The minimum atomic E-state index is -0.237. The number of primary amides is 1. The summed E-state index contributed by atoms with van der Waals surface area (Å²) in [5.74, 6) is -0.237. The lowest BCUT2D eigenvalue weighted by Crippen LogP contribution is -2.40. The van der Waals surface area contributed by atoms with Gasteiger partial charge in [-0.05, 0) is 18.6 Å². The normalized spacial score (nSPS) is 21.4.